The zero-order valence-electron chi connectivity index (χ0n) is 14.2. The van der Waals surface area contributed by atoms with Crippen LogP contribution in [0.15, 0.2) is 69.8 Å². The van der Waals surface area contributed by atoms with E-state index in [1.165, 1.54) is 0 Å². The van der Waals surface area contributed by atoms with Crippen molar-refractivity contribution in [2.75, 3.05) is 14.2 Å². The molecule has 132 valence electrons. The summed E-state index contributed by atoms with van der Waals surface area (Å²) in [7, 11) is 3.20. The molecule has 0 fully saturated rings. The Morgan fingerprint density at radius 2 is 1.85 bits per heavy atom. The van der Waals surface area contributed by atoms with Gasteiger partial charge in [0, 0.05) is 11.1 Å². The van der Waals surface area contributed by atoms with Gasteiger partial charge in [0.1, 0.15) is 11.5 Å². The van der Waals surface area contributed by atoms with E-state index < -0.39 is 5.97 Å². The predicted molar refractivity (Wildman–Crippen MR) is 103 cm³/mol. The Labute approximate surface area is 159 Å². The standard InChI is InChI=1S/C20H16BrNO4/c1-24-17-9-4-3-6-13(17)7-5-8-16-20(23)26-19(22-16)14-10-11-18(25-2)15(21)12-14/h3-12H,1-2H3. The largest absolute Gasteiger partial charge is 0.496 e. The van der Waals surface area contributed by atoms with Crippen molar-refractivity contribution in [3.05, 3.63) is 75.9 Å². The number of methoxy groups -OCH3 is 2. The summed E-state index contributed by atoms with van der Waals surface area (Å²) in [4.78, 5) is 16.3. The van der Waals surface area contributed by atoms with E-state index in [2.05, 4.69) is 20.9 Å². The molecule has 0 atom stereocenters. The fraction of sp³-hybridized carbons (Fsp3) is 0.100. The number of benzene rings is 2. The maximum atomic E-state index is 12.0. The van der Waals surface area contributed by atoms with Gasteiger partial charge in [0.05, 0.1) is 18.7 Å². The zero-order chi connectivity index (χ0) is 18.5. The van der Waals surface area contributed by atoms with E-state index in [0.717, 1.165) is 15.8 Å². The van der Waals surface area contributed by atoms with E-state index in [9.17, 15) is 4.79 Å². The summed E-state index contributed by atoms with van der Waals surface area (Å²) in [5.74, 6) is 1.21. The van der Waals surface area contributed by atoms with E-state index in [0.29, 0.717) is 11.3 Å². The minimum atomic E-state index is -0.489. The molecule has 0 amide bonds. The molecule has 0 saturated carbocycles. The van der Waals surface area contributed by atoms with Crippen molar-refractivity contribution in [2.45, 2.75) is 0 Å². The topological polar surface area (TPSA) is 57.1 Å². The zero-order valence-corrected chi connectivity index (χ0v) is 15.8. The van der Waals surface area contributed by atoms with Gasteiger partial charge in [0.25, 0.3) is 0 Å². The fourth-order valence-electron chi connectivity index (χ4n) is 2.39. The molecule has 2 aromatic rings. The molecule has 1 heterocycles. The molecule has 3 rings (SSSR count). The predicted octanol–water partition coefficient (Wildman–Crippen LogP) is 4.37. The number of carbonyl (C=O) groups excluding carboxylic acids is 1. The molecule has 0 unspecified atom stereocenters. The molecule has 1 aliphatic heterocycles. The fourth-order valence-corrected chi connectivity index (χ4v) is 2.93. The lowest BCUT2D eigenvalue weighted by atomic mass is 10.2. The van der Waals surface area contributed by atoms with Crippen molar-refractivity contribution < 1.29 is 19.0 Å². The summed E-state index contributed by atoms with van der Waals surface area (Å²) in [5.41, 5.74) is 1.82. The van der Waals surface area contributed by atoms with Gasteiger partial charge < -0.3 is 14.2 Å². The normalized spacial score (nSPS) is 15.3. The highest BCUT2D eigenvalue weighted by atomic mass is 79.9. The highest BCUT2D eigenvalue weighted by molar-refractivity contribution is 9.10. The van der Waals surface area contributed by atoms with Crippen LogP contribution in [0, 0.1) is 0 Å². The lowest BCUT2D eigenvalue weighted by Crippen LogP contribution is -2.05. The highest BCUT2D eigenvalue weighted by Gasteiger charge is 2.24. The van der Waals surface area contributed by atoms with Crippen molar-refractivity contribution in [1.29, 1.82) is 0 Å². The number of halogens is 1. The summed E-state index contributed by atoms with van der Waals surface area (Å²) >= 11 is 3.41. The second-order valence-electron chi connectivity index (χ2n) is 5.31. The Kier molecular flexibility index (Phi) is 5.53. The van der Waals surface area contributed by atoms with Gasteiger partial charge in [-0.3, -0.25) is 0 Å². The molecule has 5 nitrogen and oxygen atoms in total. The summed E-state index contributed by atoms with van der Waals surface area (Å²) < 4.78 is 16.5. The van der Waals surface area contributed by atoms with Crippen LogP contribution in [0.25, 0.3) is 6.08 Å². The average molecular weight is 414 g/mol. The van der Waals surface area contributed by atoms with Gasteiger partial charge in [-0.1, -0.05) is 30.4 Å². The number of cyclic esters (lactones) is 1. The van der Waals surface area contributed by atoms with E-state index in [4.69, 9.17) is 14.2 Å². The summed E-state index contributed by atoms with van der Waals surface area (Å²) in [5, 5.41) is 0. The molecule has 0 N–H and O–H groups in total. The third-order valence-electron chi connectivity index (χ3n) is 3.69. The first kappa shape index (κ1) is 17.9. The Bertz CT molecular complexity index is 931. The Hall–Kier alpha value is -2.86. The monoisotopic (exact) mass is 413 g/mol. The van der Waals surface area contributed by atoms with E-state index in [1.54, 1.807) is 44.6 Å². The quantitative estimate of drug-likeness (QED) is 0.539. The average Bonchev–Trinajstić information content (AvgIpc) is 3.03. The maximum Gasteiger partial charge on any atom is 0.363 e. The number of esters is 1. The van der Waals surface area contributed by atoms with Crippen LogP contribution in [0.3, 0.4) is 0 Å². The number of nitrogens with zero attached hydrogens (tertiary/aromatic N) is 1. The van der Waals surface area contributed by atoms with Crippen LogP contribution >= 0.6 is 15.9 Å². The molecule has 0 aromatic heterocycles. The number of aliphatic imine (C=N–C) groups is 1. The third-order valence-corrected chi connectivity index (χ3v) is 4.31. The number of hydrogen-bond acceptors (Lipinski definition) is 5. The van der Waals surface area contributed by atoms with Crippen LogP contribution in [-0.4, -0.2) is 26.1 Å². The molecule has 0 bridgehead atoms. The van der Waals surface area contributed by atoms with Crippen molar-refractivity contribution in [1.82, 2.24) is 0 Å². The van der Waals surface area contributed by atoms with Crippen LogP contribution in [-0.2, 0) is 9.53 Å². The molecule has 6 heteroatoms. The number of ether oxygens (including phenoxy) is 3. The third kappa shape index (κ3) is 3.86. The number of hydrogen-bond donors (Lipinski definition) is 0. The van der Waals surface area contributed by atoms with Gasteiger partial charge in [-0.25, -0.2) is 9.79 Å². The maximum absolute atomic E-state index is 12.0. The van der Waals surface area contributed by atoms with E-state index >= 15 is 0 Å². The summed E-state index contributed by atoms with van der Waals surface area (Å²) in [6.07, 6.45) is 5.20. The Balaban J connectivity index is 1.82. The number of para-hydroxylation sites is 1. The first-order valence-electron chi connectivity index (χ1n) is 7.78. The van der Waals surface area contributed by atoms with Gasteiger partial charge in [0.15, 0.2) is 5.70 Å². The molecular weight excluding hydrogens is 398 g/mol. The van der Waals surface area contributed by atoms with Crippen LogP contribution in [0.2, 0.25) is 0 Å². The second kappa shape index (κ2) is 8.01. The molecular formula is C20H16BrNO4. The van der Waals surface area contributed by atoms with Crippen LogP contribution in [0.1, 0.15) is 11.1 Å². The molecule has 0 aliphatic carbocycles. The Morgan fingerprint density at radius 1 is 1.08 bits per heavy atom. The first-order valence-corrected chi connectivity index (χ1v) is 8.58. The lowest BCUT2D eigenvalue weighted by molar-refractivity contribution is -0.130. The first-order chi connectivity index (χ1) is 12.6. The van der Waals surface area contributed by atoms with Crippen molar-refractivity contribution >= 4 is 33.9 Å². The molecule has 1 aliphatic rings. The smallest absolute Gasteiger partial charge is 0.363 e. The Morgan fingerprint density at radius 3 is 2.58 bits per heavy atom. The van der Waals surface area contributed by atoms with Crippen molar-refractivity contribution in [2.24, 2.45) is 4.99 Å². The molecule has 2 aromatic carbocycles. The summed E-state index contributed by atoms with van der Waals surface area (Å²) in [6.45, 7) is 0. The van der Waals surface area contributed by atoms with Crippen LogP contribution < -0.4 is 9.47 Å². The van der Waals surface area contributed by atoms with E-state index in [-0.39, 0.29) is 11.6 Å². The summed E-state index contributed by atoms with van der Waals surface area (Å²) in [6, 6.07) is 12.9. The molecule has 0 radical (unpaired) electrons. The number of carbonyl (C=O) groups is 1. The SMILES string of the molecule is COc1ccc(C2=NC(=CC=Cc3ccccc3OC)C(=O)O2)cc1Br. The minimum Gasteiger partial charge on any atom is -0.496 e. The number of allylic oxidation sites excluding steroid dienone is 2. The highest BCUT2D eigenvalue weighted by Crippen LogP contribution is 2.27. The van der Waals surface area contributed by atoms with Gasteiger partial charge in [0.2, 0.25) is 5.90 Å². The van der Waals surface area contributed by atoms with Gasteiger partial charge in [-0.2, -0.15) is 0 Å². The molecule has 0 saturated heterocycles. The van der Waals surface area contributed by atoms with Gasteiger partial charge in [-0.05, 0) is 46.3 Å². The second-order valence-corrected chi connectivity index (χ2v) is 6.16. The van der Waals surface area contributed by atoms with E-state index in [1.807, 2.05) is 30.3 Å². The van der Waals surface area contributed by atoms with Crippen molar-refractivity contribution in [3.8, 4) is 11.5 Å². The number of rotatable bonds is 5. The molecule has 26 heavy (non-hydrogen) atoms. The molecule has 0 spiro atoms. The lowest BCUT2D eigenvalue weighted by Gasteiger charge is -2.05. The van der Waals surface area contributed by atoms with Crippen molar-refractivity contribution in [3.63, 3.8) is 0 Å². The van der Waals surface area contributed by atoms with Crippen LogP contribution in [0.4, 0.5) is 0 Å². The van der Waals surface area contributed by atoms with Crippen LogP contribution in [0.5, 0.6) is 11.5 Å². The van der Waals surface area contributed by atoms with Gasteiger partial charge in [-0.15, -0.1) is 0 Å². The van der Waals surface area contributed by atoms with Gasteiger partial charge >= 0.3 is 5.97 Å². The minimum absolute atomic E-state index is 0.234.